The van der Waals surface area contributed by atoms with E-state index in [0.29, 0.717) is 0 Å². The zero-order valence-corrected chi connectivity index (χ0v) is 17.7. The van der Waals surface area contributed by atoms with E-state index in [9.17, 15) is 22.8 Å². The Morgan fingerprint density at radius 2 is 1.79 bits per heavy atom. The number of sulfonamides is 1. The lowest BCUT2D eigenvalue weighted by atomic mass is 10.2. The average Bonchev–Trinajstić information content (AvgIpc) is 2.59. The van der Waals surface area contributed by atoms with Crippen molar-refractivity contribution in [2.24, 2.45) is 0 Å². The number of nitrogens with one attached hydrogen (secondary N) is 2. The summed E-state index contributed by atoms with van der Waals surface area (Å²) in [6.07, 6.45) is 0. The van der Waals surface area contributed by atoms with E-state index < -0.39 is 34.5 Å². The molecule has 0 unspecified atom stereocenters. The van der Waals surface area contributed by atoms with Gasteiger partial charge in [0.2, 0.25) is 10.0 Å². The third-order valence-corrected chi connectivity index (χ3v) is 6.03. The van der Waals surface area contributed by atoms with Gasteiger partial charge in [-0.1, -0.05) is 25.4 Å². The van der Waals surface area contributed by atoms with E-state index in [0.717, 1.165) is 6.07 Å². The van der Waals surface area contributed by atoms with E-state index in [2.05, 4.69) is 5.32 Å². The molecule has 28 heavy (non-hydrogen) atoms. The summed E-state index contributed by atoms with van der Waals surface area (Å²) >= 11 is 6.00. The number of nitrogens with zero attached hydrogens (tertiary/aromatic N) is 1. The van der Waals surface area contributed by atoms with Crippen molar-refractivity contribution >= 4 is 39.5 Å². The quantitative estimate of drug-likeness (QED) is 0.602. The van der Waals surface area contributed by atoms with E-state index >= 15 is 0 Å². The molecule has 0 spiro atoms. The first kappa shape index (κ1) is 23.9. The van der Waals surface area contributed by atoms with Crippen molar-refractivity contribution in [3.8, 4) is 0 Å². The molecule has 0 aromatic heterocycles. The molecule has 0 aliphatic rings. The molecule has 0 heterocycles. The maximum Gasteiger partial charge on any atom is 0.338 e. The van der Waals surface area contributed by atoms with Crippen molar-refractivity contribution in [1.29, 1.82) is 0 Å². The van der Waals surface area contributed by atoms with Crippen molar-refractivity contribution in [2.75, 3.05) is 19.7 Å². The lowest BCUT2D eigenvalue weighted by Crippen LogP contribution is -2.44. The normalized spacial score (nSPS) is 11.4. The summed E-state index contributed by atoms with van der Waals surface area (Å²) in [7, 11) is -3.89. The molecule has 0 radical (unpaired) electrons. The summed E-state index contributed by atoms with van der Waals surface area (Å²) in [5, 5.41) is 4.42. The van der Waals surface area contributed by atoms with Gasteiger partial charge in [0.25, 0.3) is 5.91 Å². The molecule has 0 fully saturated rings. The molecular weight excluding hydrogens is 410 g/mol. The zero-order valence-electron chi connectivity index (χ0n) is 16.1. The summed E-state index contributed by atoms with van der Waals surface area (Å²) in [6, 6.07) is 2.77. The molecule has 1 aromatic carbocycles. The fourth-order valence-corrected chi connectivity index (χ4v) is 4.16. The molecule has 156 valence electrons. The summed E-state index contributed by atoms with van der Waals surface area (Å²) in [5.74, 6) is -1.75. The van der Waals surface area contributed by atoms with E-state index in [1.54, 1.807) is 27.7 Å². The zero-order chi connectivity index (χ0) is 21.5. The number of hydrogen-bond donors (Lipinski definition) is 2. The van der Waals surface area contributed by atoms with Crippen LogP contribution in [0.3, 0.4) is 0 Å². The molecule has 11 heteroatoms. The summed E-state index contributed by atoms with van der Waals surface area (Å²) in [4.78, 5) is 35.0. The van der Waals surface area contributed by atoms with Crippen molar-refractivity contribution in [2.45, 2.75) is 38.6 Å². The number of carbonyl (C=O) groups is 3. The standard InChI is InChI=1S/C17H24ClN3O6S/c1-5-21(6-2)28(25,26)14-9-12(7-8-13(14)18)16(23)27-10-15(22)20-17(24)19-11(3)4/h7-9,11H,5-6,10H2,1-4H3,(H2,19,20,22,24). The monoisotopic (exact) mass is 433 g/mol. The van der Waals surface area contributed by atoms with Crippen LogP contribution in [0.1, 0.15) is 38.1 Å². The van der Waals surface area contributed by atoms with Crippen LogP contribution >= 0.6 is 11.6 Å². The first-order valence-corrected chi connectivity index (χ1v) is 10.4. The Hall–Kier alpha value is -2.17. The number of halogens is 1. The van der Waals surface area contributed by atoms with Crippen molar-refractivity contribution in [1.82, 2.24) is 14.9 Å². The molecular formula is C17H24ClN3O6S. The van der Waals surface area contributed by atoms with Crippen LogP contribution in [0.15, 0.2) is 23.1 Å². The van der Waals surface area contributed by atoms with Gasteiger partial charge >= 0.3 is 12.0 Å². The Bertz CT molecular complexity index is 837. The molecule has 0 saturated carbocycles. The van der Waals surface area contributed by atoms with Crippen molar-refractivity contribution < 1.29 is 27.5 Å². The van der Waals surface area contributed by atoms with Crippen molar-refractivity contribution in [3.63, 3.8) is 0 Å². The molecule has 1 aromatic rings. The van der Waals surface area contributed by atoms with Crippen molar-refractivity contribution in [3.05, 3.63) is 28.8 Å². The van der Waals surface area contributed by atoms with Crippen LogP contribution in [0.4, 0.5) is 4.79 Å². The number of rotatable bonds is 8. The molecule has 3 amide bonds. The Kier molecular flexibility index (Phi) is 8.86. The summed E-state index contributed by atoms with van der Waals surface area (Å²) in [6.45, 7) is 6.57. The number of amides is 3. The van der Waals surface area contributed by atoms with Gasteiger partial charge in [-0.3, -0.25) is 10.1 Å². The largest absolute Gasteiger partial charge is 0.452 e. The third-order valence-electron chi connectivity index (χ3n) is 3.50. The van der Waals surface area contributed by atoms with Gasteiger partial charge < -0.3 is 10.1 Å². The van der Waals surface area contributed by atoms with Gasteiger partial charge in [0.15, 0.2) is 6.61 Å². The SMILES string of the molecule is CCN(CC)S(=O)(=O)c1cc(C(=O)OCC(=O)NC(=O)NC(C)C)ccc1Cl. The van der Waals surface area contributed by atoms with Crippen LogP contribution in [0.5, 0.6) is 0 Å². The van der Waals surface area contributed by atoms with E-state index in [-0.39, 0.29) is 34.6 Å². The van der Waals surface area contributed by atoms with Gasteiger partial charge in [-0.15, -0.1) is 0 Å². The fourth-order valence-electron chi connectivity index (χ4n) is 2.21. The highest BCUT2D eigenvalue weighted by Gasteiger charge is 2.26. The molecule has 0 aliphatic heterocycles. The summed E-state index contributed by atoms with van der Waals surface area (Å²) in [5.41, 5.74) is -0.0884. The highest BCUT2D eigenvalue weighted by Crippen LogP contribution is 2.26. The fraction of sp³-hybridized carbons (Fsp3) is 0.471. The van der Waals surface area contributed by atoms with Crippen LogP contribution < -0.4 is 10.6 Å². The molecule has 2 N–H and O–H groups in total. The molecule has 0 aliphatic carbocycles. The highest BCUT2D eigenvalue weighted by molar-refractivity contribution is 7.89. The van der Waals surface area contributed by atoms with E-state index in [4.69, 9.17) is 16.3 Å². The lowest BCUT2D eigenvalue weighted by Gasteiger charge is -2.19. The number of esters is 1. The Labute approximate surface area is 169 Å². The topological polar surface area (TPSA) is 122 Å². The number of hydrogen-bond acceptors (Lipinski definition) is 6. The maximum absolute atomic E-state index is 12.6. The van der Waals surface area contributed by atoms with Gasteiger partial charge in [0.05, 0.1) is 10.6 Å². The third kappa shape index (κ3) is 6.47. The second kappa shape index (κ2) is 10.4. The van der Waals surface area contributed by atoms with Gasteiger partial charge in [0, 0.05) is 19.1 Å². The van der Waals surface area contributed by atoms with Gasteiger partial charge in [0.1, 0.15) is 4.90 Å². The van der Waals surface area contributed by atoms with Gasteiger partial charge in [-0.2, -0.15) is 4.31 Å². The Morgan fingerprint density at radius 3 is 2.32 bits per heavy atom. The van der Waals surface area contributed by atoms with Gasteiger partial charge in [-0.05, 0) is 32.0 Å². The van der Waals surface area contributed by atoms with Crippen LogP contribution in [0.2, 0.25) is 5.02 Å². The van der Waals surface area contributed by atoms with Crippen LogP contribution in [0, 0.1) is 0 Å². The Morgan fingerprint density at radius 1 is 1.18 bits per heavy atom. The highest BCUT2D eigenvalue weighted by atomic mass is 35.5. The van der Waals surface area contributed by atoms with Gasteiger partial charge in [-0.25, -0.2) is 18.0 Å². The first-order chi connectivity index (χ1) is 13.0. The van der Waals surface area contributed by atoms with Crippen LogP contribution in [0.25, 0.3) is 0 Å². The summed E-state index contributed by atoms with van der Waals surface area (Å²) < 4.78 is 31.3. The lowest BCUT2D eigenvalue weighted by molar-refractivity contribution is -0.123. The second-order valence-electron chi connectivity index (χ2n) is 5.99. The number of imide groups is 1. The number of urea groups is 1. The van der Waals surface area contributed by atoms with Crippen LogP contribution in [-0.2, 0) is 19.6 Å². The average molecular weight is 434 g/mol. The van der Waals surface area contributed by atoms with Crippen LogP contribution in [-0.4, -0.2) is 56.4 Å². The minimum absolute atomic E-state index is 0.0356. The number of carbonyl (C=O) groups excluding carboxylic acids is 3. The molecule has 0 saturated heterocycles. The molecule has 9 nitrogen and oxygen atoms in total. The predicted molar refractivity (Wildman–Crippen MR) is 104 cm³/mol. The number of ether oxygens (including phenoxy) is 1. The first-order valence-electron chi connectivity index (χ1n) is 8.60. The van der Waals surface area contributed by atoms with E-state index in [1.165, 1.54) is 16.4 Å². The van der Waals surface area contributed by atoms with E-state index in [1.807, 2.05) is 5.32 Å². The molecule has 0 atom stereocenters. The number of benzene rings is 1. The predicted octanol–water partition coefficient (Wildman–Crippen LogP) is 1.76. The smallest absolute Gasteiger partial charge is 0.338 e. The molecule has 1 rings (SSSR count). The second-order valence-corrected chi connectivity index (χ2v) is 8.30. The molecule has 0 bridgehead atoms. The maximum atomic E-state index is 12.6. The minimum Gasteiger partial charge on any atom is -0.452 e. The Balaban J connectivity index is 2.88. The minimum atomic E-state index is -3.89.